The molecule has 0 aromatic carbocycles. The van der Waals surface area contributed by atoms with Gasteiger partial charge in [0.05, 0.1) is 0 Å². The Labute approximate surface area is 178 Å². The minimum absolute atomic E-state index is 0.354. The summed E-state index contributed by atoms with van der Waals surface area (Å²) in [5.41, 5.74) is 7.02. The number of rotatable bonds is 1. The Bertz CT molecular complexity index is 836. The first-order valence-corrected chi connectivity index (χ1v) is 12.2. The highest BCUT2D eigenvalue weighted by atomic mass is 14.7. The highest BCUT2D eigenvalue weighted by Crippen LogP contribution is 2.66. The van der Waals surface area contributed by atoms with E-state index in [2.05, 4.69) is 58.2 Å². The van der Waals surface area contributed by atoms with Gasteiger partial charge in [0.2, 0.25) is 0 Å². The standard InChI is InChI=1S/C28H39N/c1-19-13-15-27(3)22(17-19)9-10-23-25-12-11-24(28(25,4)16-14-26(23)27)21-8-6-5-7-20(2)29-18-21/h5-6,9,11,18-19,23,25-26H,7-8,10,12-17H2,1-4H3. The van der Waals surface area contributed by atoms with Gasteiger partial charge in [-0.3, -0.25) is 4.99 Å². The minimum atomic E-state index is 0.354. The molecule has 1 aliphatic heterocycles. The quantitative estimate of drug-likeness (QED) is 0.405. The van der Waals surface area contributed by atoms with Crippen LogP contribution >= 0.6 is 0 Å². The SMILES string of the molecule is CC1=NC=C(C2=CCC3C4CC=C5CC(C)CCC5(C)C4CCC23C)CC=CC1. The smallest absolute Gasteiger partial charge is 0.0305 e. The van der Waals surface area contributed by atoms with E-state index in [9.17, 15) is 0 Å². The molecule has 1 heterocycles. The number of aliphatic imine (C=N–C) groups is 1. The molecule has 0 saturated heterocycles. The van der Waals surface area contributed by atoms with Gasteiger partial charge in [-0.1, -0.05) is 50.6 Å². The Balaban J connectivity index is 1.44. The molecule has 5 aliphatic rings. The van der Waals surface area contributed by atoms with Gasteiger partial charge in [0.15, 0.2) is 0 Å². The molecule has 0 N–H and O–H groups in total. The van der Waals surface area contributed by atoms with Gasteiger partial charge in [-0.2, -0.15) is 0 Å². The third kappa shape index (κ3) is 3.06. The van der Waals surface area contributed by atoms with E-state index < -0.39 is 0 Å². The average molecular weight is 390 g/mol. The summed E-state index contributed by atoms with van der Waals surface area (Å²) >= 11 is 0. The summed E-state index contributed by atoms with van der Waals surface area (Å²) in [4.78, 5) is 4.78. The maximum absolute atomic E-state index is 4.78. The van der Waals surface area contributed by atoms with Crippen molar-refractivity contribution in [1.29, 1.82) is 0 Å². The first kappa shape index (κ1) is 19.6. The molecule has 1 nitrogen and oxygen atoms in total. The molecular formula is C28H39N. The molecule has 156 valence electrons. The van der Waals surface area contributed by atoms with Crippen LogP contribution in [0.1, 0.15) is 85.5 Å². The molecule has 1 heteroatoms. The molecule has 0 amide bonds. The molecule has 0 spiro atoms. The first-order chi connectivity index (χ1) is 13.9. The lowest BCUT2D eigenvalue weighted by Crippen LogP contribution is -2.49. The molecule has 6 unspecified atom stereocenters. The van der Waals surface area contributed by atoms with Gasteiger partial charge in [0.1, 0.15) is 0 Å². The third-order valence-corrected chi connectivity index (χ3v) is 9.64. The summed E-state index contributed by atoms with van der Waals surface area (Å²) in [5, 5.41) is 0. The Morgan fingerprint density at radius 3 is 2.59 bits per heavy atom. The van der Waals surface area contributed by atoms with E-state index in [4.69, 9.17) is 4.99 Å². The van der Waals surface area contributed by atoms with E-state index in [0.717, 1.165) is 36.5 Å². The van der Waals surface area contributed by atoms with Gasteiger partial charge in [-0.05, 0) is 104 Å². The second kappa shape index (κ2) is 7.10. The number of nitrogens with zero attached hydrogens (tertiary/aromatic N) is 1. The zero-order valence-electron chi connectivity index (χ0n) is 19.0. The summed E-state index contributed by atoms with van der Waals surface area (Å²) in [6.45, 7) is 9.84. The molecule has 0 aromatic rings. The van der Waals surface area contributed by atoms with E-state index >= 15 is 0 Å². The lowest BCUT2D eigenvalue weighted by atomic mass is 9.47. The Kier molecular flexibility index (Phi) is 4.80. The number of hydrogen-bond donors (Lipinski definition) is 0. The van der Waals surface area contributed by atoms with E-state index in [1.165, 1.54) is 56.2 Å². The largest absolute Gasteiger partial charge is 0.265 e. The van der Waals surface area contributed by atoms with Crippen molar-refractivity contribution >= 4 is 5.71 Å². The van der Waals surface area contributed by atoms with Gasteiger partial charge in [0.25, 0.3) is 0 Å². The minimum Gasteiger partial charge on any atom is -0.265 e. The van der Waals surface area contributed by atoms with Gasteiger partial charge < -0.3 is 0 Å². The Morgan fingerprint density at radius 1 is 0.931 bits per heavy atom. The van der Waals surface area contributed by atoms with Gasteiger partial charge in [-0.25, -0.2) is 0 Å². The predicted octanol–water partition coefficient (Wildman–Crippen LogP) is 7.82. The van der Waals surface area contributed by atoms with Crippen LogP contribution in [0.4, 0.5) is 0 Å². The van der Waals surface area contributed by atoms with Crippen LogP contribution < -0.4 is 0 Å². The molecule has 5 rings (SSSR count). The van der Waals surface area contributed by atoms with E-state index in [1.54, 1.807) is 5.57 Å². The Morgan fingerprint density at radius 2 is 1.72 bits per heavy atom. The highest BCUT2D eigenvalue weighted by molar-refractivity contribution is 5.84. The van der Waals surface area contributed by atoms with E-state index in [-0.39, 0.29) is 0 Å². The number of allylic oxidation sites excluding steroid dienone is 7. The number of fused-ring (bicyclic) bond motifs is 5. The van der Waals surface area contributed by atoms with Crippen LogP contribution in [0.2, 0.25) is 0 Å². The summed E-state index contributed by atoms with van der Waals surface area (Å²) in [5.74, 6) is 3.50. The normalized spacial score (nSPS) is 44.3. The molecule has 2 fully saturated rings. The van der Waals surface area contributed by atoms with Crippen molar-refractivity contribution in [2.24, 2.45) is 39.5 Å². The second-order valence-corrected chi connectivity index (χ2v) is 11.3. The van der Waals surface area contributed by atoms with Crippen LogP contribution in [-0.4, -0.2) is 5.71 Å². The van der Waals surface area contributed by atoms with Crippen LogP contribution in [0, 0.1) is 34.5 Å². The van der Waals surface area contributed by atoms with Crippen LogP contribution in [-0.2, 0) is 0 Å². The molecule has 2 saturated carbocycles. The third-order valence-electron chi connectivity index (χ3n) is 9.64. The molecule has 0 bridgehead atoms. The maximum atomic E-state index is 4.78. The lowest BCUT2D eigenvalue weighted by Gasteiger charge is -2.58. The fourth-order valence-corrected chi connectivity index (χ4v) is 7.85. The number of hydrogen-bond acceptors (Lipinski definition) is 1. The van der Waals surface area contributed by atoms with E-state index in [1.807, 2.05) is 5.57 Å². The van der Waals surface area contributed by atoms with Crippen LogP contribution in [0.3, 0.4) is 0 Å². The molecule has 4 aliphatic carbocycles. The molecule has 0 radical (unpaired) electrons. The highest BCUT2D eigenvalue weighted by Gasteiger charge is 2.56. The zero-order valence-corrected chi connectivity index (χ0v) is 19.0. The van der Waals surface area contributed by atoms with Crippen molar-refractivity contribution in [3.8, 4) is 0 Å². The van der Waals surface area contributed by atoms with Gasteiger partial charge in [0, 0.05) is 18.3 Å². The van der Waals surface area contributed by atoms with Crippen molar-refractivity contribution in [3.05, 3.63) is 47.2 Å². The van der Waals surface area contributed by atoms with E-state index in [0.29, 0.717) is 10.8 Å². The summed E-state index contributed by atoms with van der Waals surface area (Å²) in [6.07, 6.45) is 23.9. The van der Waals surface area contributed by atoms with Gasteiger partial charge in [-0.15, -0.1) is 0 Å². The average Bonchev–Trinajstić information content (AvgIpc) is 3.03. The maximum Gasteiger partial charge on any atom is 0.0305 e. The van der Waals surface area contributed by atoms with Gasteiger partial charge >= 0.3 is 0 Å². The monoisotopic (exact) mass is 389 g/mol. The fourth-order valence-electron chi connectivity index (χ4n) is 7.85. The van der Waals surface area contributed by atoms with Crippen molar-refractivity contribution in [2.45, 2.75) is 85.5 Å². The van der Waals surface area contributed by atoms with Crippen molar-refractivity contribution in [2.75, 3.05) is 0 Å². The van der Waals surface area contributed by atoms with Crippen molar-refractivity contribution in [3.63, 3.8) is 0 Å². The topological polar surface area (TPSA) is 12.4 Å². The zero-order chi connectivity index (χ0) is 20.2. The fraction of sp³-hybridized carbons (Fsp3) is 0.679. The van der Waals surface area contributed by atoms with Crippen LogP contribution in [0.15, 0.2) is 52.2 Å². The lowest BCUT2D eigenvalue weighted by molar-refractivity contribution is -0.0197. The summed E-state index contributed by atoms with van der Waals surface area (Å²) in [6, 6.07) is 0. The predicted molar refractivity (Wildman–Crippen MR) is 124 cm³/mol. The summed E-state index contributed by atoms with van der Waals surface area (Å²) in [7, 11) is 0. The van der Waals surface area contributed by atoms with Crippen molar-refractivity contribution < 1.29 is 0 Å². The molecule has 0 aromatic heterocycles. The Hall–Kier alpha value is -1.37. The van der Waals surface area contributed by atoms with Crippen LogP contribution in [0.5, 0.6) is 0 Å². The van der Waals surface area contributed by atoms with Crippen molar-refractivity contribution in [1.82, 2.24) is 0 Å². The second-order valence-electron chi connectivity index (χ2n) is 11.3. The molecular weight excluding hydrogens is 350 g/mol. The van der Waals surface area contributed by atoms with Crippen LogP contribution in [0.25, 0.3) is 0 Å². The molecule has 29 heavy (non-hydrogen) atoms. The summed E-state index contributed by atoms with van der Waals surface area (Å²) < 4.78 is 0. The molecule has 6 atom stereocenters. The first-order valence-electron chi connectivity index (χ1n) is 12.2.